The number of Topliss-reactive ketones (excluding diaryl/α,β-unsaturated/α-hetero) is 2. The van der Waals surface area contributed by atoms with Crippen LogP contribution in [-0.2, 0) is 4.79 Å². The minimum Gasteiger partial charge on any atom is -0.497 e. The van der Waals surface area contributed by atoms with Crippen LogP contribution >= 0.6 is 0 Å². The number of benzene rings is 1. The van der Waals surface area contributed by atoms with Gasteiger partial charge in [0.25, 0.3) is 0 Å². The summed E-state index contributed by atoms with van der Waals surface area (Å²) in [5.74, 6) is 1.14. The van der Waals surface area contributed by atoms with Gasteiger partial charge in [-0.3, -0.25) is 4.79 Å². The fourth-order valence-corrected chi connectivity index (χ4v) is 1.69. The highest BCUT2D eigenvalue weighted by atomic mass is 16.5. The molecule has 0 radical (unpaired) electrons. The number of carbonyl (C=O) groups excluding carboxylic acids is 2. The maximum atomic E-state index is 12.1. The first-order valence-corrected chi connectivity index (χ1v) is 7.14. The van der Waals surface area contributed by atoms with E-state index in [9.17, 15) is 9.59 Å². The van der Waals surface area contributed by atoms with Crippen molar-refractivity contribution in [3.8, 4) is 5.75 Å². The fourth-order valence-electron chi connectivity index (χ4n) is 1.69. The number of nitrogens with zero attached hydrogens (tertiary/aromatic N) is 1. The Balaban J connectivity index is 0.000000690. The summed E-state index contributed by atoms with van der Waals surface area (Å²) in [5, 5.41) is 0. The summed E-state index contributed by atoms with van der Waals surface area (Å²) in [4.78, 5) is 23.9. The summed E-state index contributed by atoms with van der Waals surface area (Å²) in [5.41, 5.74) is 0.716. The second-order valence-electron chi connectivity index (χ2n) is 5.32. The standard InChI is InChI=1S/C13H19NO2.C4H8O/c1-10(9-14(2)3)13(15)11-6-5-7-12(8-11)16-4;1-3-4(2)5/h5-8,10H,9H2,1-4H3;3H2,1-2H3. The first kappa shape index (κ1) is 19.3. The van der Waals surface area contributed by atoms with Gasteiger partial charge in [-0.2, -0.15) is 0 Å². The number of hydrogen-bond acceptors (Lipinski definition) is 4. The van der Waals surface area contributed by atoms with Crippen LogP contribution in [0.15, 0.2) is 24.3 Å². The van der Waals surface area contributed by atoms with E-state index in [1.54, 1.807) is 20.1 Å². The average molecular weight is 293 g/mol. The third kappa shape index (κ3) is 8.25. The van der Waals surface area contributed by atoms with E-state index in [0.717, 1.165) is 12.3 Å². The predicted molar refractivity (Wildman–Crippen MR) is 86.0 cm³/mol. The molecule has 4 heteroatoms. The molecule has 1 aromatic rings. The van der Waals surface area contributed by atoms with Crippen LogP contribution in [0.5, 0.6) is 5.75 Å². The van der Waals surface area contributed by atoms with Crippen LogP contribution in [0, 0.1) is 5.92 Å². The lowest BCUT2D eigenvalue weighted by Gasteiger charge is -2.16. The summed E-state index contributed by atoms with van der Waals surface area (Å²) in [6, 6.07) is 7.30. The van der Waals surface area contributed by atoms with E-state index in [2.05, 4.69) is 0 Å². The molecule has 1 aromatic carbocycles. The lowest BCUT2D eigenvalue weighted by Crippen LogP contribution is -2.25. The van der Waals surface area contributed by atoms with E-state index in [4.69, 9.17) is 4.74 Å². The summed E-state index contributed by atoms with van der Waals surface area (Å²) in [6.45, 7) is 6.14. The van der Waals surface area contributed by atoms with Gasteiger partial charge in [0.05, 0.1) is 7.11 Å². The Kier molecular flexibility index (Phi) is 9.30. The number of ketones is 2. The molecule has 1 unspecified atom stereocenters. The van der Waals surface area contributed by atoms with Crippen LogP contribution in [0.3, 0.4) is 0 Å². The van der Waals surface area contributed by atoms with E-state index in [0.29, 0.717) is 12.0 Å². The molecule has 0 aliphatic carbocycles. The highest BCUT2D eigenvalue weighted by Crippen LogP contribution is 2.16. The Hall–Kier alpha value is -1.68. The molecule has 0 spiro atoms. The molecule has 4 nitrogen and oxygen atoms in total. The minimum atomic E-state index is 0.00195. The van der Waals surface area contributed by atoms with Gasteiger partial charge in [-0.05, 0) is 33.2 Å². The van der Waals surface area contributed by atoms with Crippen molar-refractivity contribution in [2.75, 3.05) is 27.7 Å². The van der Waals surface area contributed by atoms with Crippen molar-refractivity contribution < 1.29 is 14.3 Å². The predicted octanol–water partition coefficient (Wildman–Crippen LogP) is 3.06. The van der Waals surface area contributed by atoms with E-state index < -0.39 is 0 Å². The lowest BCUT2D eigenvalue weighted by atomic mass is 9.99. The maximum Gasteiger partial charge on any atom is 0.167 e. The largest absolute Gasteiger partial charge is 0.497 e. The molecule has 0 aliphatic heterocycles. The molecule has 0 saturated heterocycles. The molecule has 0 bridgehead atoms. The van der Waals surface area contributed by atoms with Crippen molar-refractivity contribution in [3.05, 3.63) is 29.8 Å². The Morgan fingerprint density at radius 3 is 2.29 bits per heavy atom. The van der Waals surface area contributed by atoms with Crippen molar-refractivity contribution >= 4 is 11.6 Å². The summed E-state index contributed by atoms with van der Waals surface area (Å²) in [7, 11) is 5.54. The Morgan fingerprint density at radius 2 is 1.86 bits per heavy atom. The second kappa shape index (κ2) is 10.1. The smallest absolute Gasteiger partial charge is 0.167 e. The topological polar surface area (TPSA) is 46.6 Å². The zero-order chi connectivity index (χ0) is 16.4. The number of methoxy groups -OCH3 is 1. The Morgan fingerprint density at radius 1 is 1.29 bits per heavy atom. The maximum absolute atomic E-state index is 12.1. The summed E-state index contributed by atoms with van der Waals surface area (Å²) < 4.78 is 5.10. The first-order chi connectivity index (χ1) is 9.81. The van der Waals surface area contributed by atoms with Crippen LogP contribution in [0.1, 0.15) is 37.6 Å². The highest BCUT2D eigenvalue weighted by molar-refractivity contribution is 5.98. The number of hydrogen-bond donors (Lipinski definition) is 0. The molecule has 0 fully saturated rings. The van der Waals surface area contributed by atoms with Crippen molar-refractivity contribution in [2.24, 2.45) is 5.92 Å². The quantitative estimate of drug-likeness (QED) is 0.756. The van der Waals surface area contributed by atoms with Crippen LogP contribution in [-0.4, -0.2) is 44.2 Å². The molecular weight excluding hydrogens is 266 g/mol. The highest BCUT2D eigenvalue weighted by Gasteiger charge is 2.16. The van der Waals surface area contributed by atoms with Gasteiger partial charge in [0, 0.05) is 24.4 Å². The van der Waals surface area contributed by atoms with Gasteiger partial charge in [-0.25, -0.2) is 0 Å². The fraction of sp³-hybridized carbons (Fsp3) is 0.529. The molecule has 0 amide bonds. The summed E-state index contributed by atoms with van der Waals surface area (Å²) >= 11 is 0. The average Bonchev–Trinajstić information content (AvgIpc) is 2.46. The van der Waals surface area contributed by atoms with Crippen LogP contribution in [0.4, 0.5) is 0 Å². The van der Waals surface area contributed by atoms with Gasteiger partial charge >= 0.3 is 0 Å². The molecule has 1 rings (SSSR count). The monoisotopic (exact) mass is 293 g/mol. The molecule has 0 heterocycles. The Labute approximate surface area is 128 Å². The van der Waals surface area contributed by atoms with Crippen LogP contribution in [0.25, 0.3) is 0 Å². The number of rotatable bonds is 6. The van der Waals surface area contributed by atoms with Gasteiger partial charge < -0.3 is 14.4 Å². The van der Waals surface area contributed by atoms with Crippen molar-refractivity contribution in [2.45, 2.75) is 27.2 Å². The van der Waals surface area contributed by atoms with Crippen molar-refractivity contribution in [1.29, 1.82) is 0 Å². The van der Waals surface area contributed by atoms with E-state index in [1.807, 2.05) is 51.0 Å². The van der Waals surface area contributed by atoms with Crippen molar-refractivity contribution in [3.63, 3.8) is 0 Å². The minimum absolute atomic E-state index is 0.00195. The van der Waals surface area contributed by atoms with Crippen LogP contribution in [0.2, 0.25) is 0 Å². The first-order valence-electron chi connectivity index (χ1n) is 7.14. The SMILES string of the molecule is CCC(C)=O.COc1cccc(C(=O)C(C)CN(C)C)c1. The number of carbonyl (C=O) groups is 2. The molecule has 0 aromatic heterocycles. The van der Waals surface area contributed by atoms with Gasteiger partial charge in [0.1, 0.15) is 11.5 Å². The van der Waals surface area contributed by atoms with Crippen molar-refractivity contribution in [1.82, 2.24) is 4.90 Å². The molecule has 21 heavy (non-hydrogen) atoms. The van der Waals surface area contributed by atoms with Gasteiger partial charge in [0.15, 0.2) is 5.78 Å². The molecule has 0 N–H and O–H groups in total. The molecule has 118 valence electrons. The molecule has 1 atom stereocenters. The summed E-state index contributed by atoms with van der Waals surface area (Å²) in [6.07, 6.45) is 0.667. The van der Waals surface area contributed by atoms with E-state index in [-0.39, 0.29) is 17.5 Å². The molecule has 0 saturated carbocycles. The molecular formula is C17H27NO3. The normalized spacial score (nSPS) is 11.4. The van der Waals surface area contributed by atoms with Gasteiger partial charge in [-0.15, -0.1) is 0 Å². The van der Waals surface area contributed by atoms with Gasteiger partial charge in [0.2, 0.25) is 0 Å². The third-order valence-corrected chi connectivity index (χ3v) is 2.94. The zero-order valence-corrected chi connectivity index (χ0v) is 14.0. The van der Waals surface area contributed by atoms with Gasteiger partial charge in [-0.1, -0.05) is 26.0 Å². The zero-order valence-electron chi connectivity index (χ0n) is 14.0. The van der Waals surface area contributed by atoms with E-state index in [1.165, 1.54) is 0 Å². The Bertz CT molecular complexity index is 455. The third-order valence-electron chi connectivity index (χ3n) is 2.94. The second-order valence-corrected chi connectivity index (χ2v) is 5.32. The van der Waals surface area contributed by atoms with Crippen LogP contribution < -0.4 is 4.74 Å². The number of ether oxygens (including phenoxy) is 1. The van der Waals surface area contributed by atoms with E-state index >= 15 is 0 Å². The molecule has 0 aliphatic rings. The lowest BCUT2D eigenvalue weighted by molar-refractivity contribution is -0.116.